The molecule has 1 aliphatic rings. The molecule has 0 bridgehead atoms. The van der Waals surface area contributed by atoms with Crippen molar-refractivity contribution in [3.05, 3.63) is 5.89 Å². The van der Waals surface area contributed by atoms with Crippen molar-refractivity contribution in [2.45, 2.75) is 39.3 Å². The molecular weight excluding hydrogens is 192 g/mol. The molecule has 2 atom stereocenters. The fraction of sp³-hybridized carbons (Fsp3) is 0.800. The van der Waals surface area contributed by atoms with Crippen molar-refractivity contribution in [3.8, 4) is 0 Å². The zero-order valence-corrected chi connectivity index (χ0v) is 9.31. The Morgan fingerprint density at radius 1 is 1.47 bits per heavy atom. The van der Waals surface area contributed by atoms with Crippen molar-refractivity contribution in [2.75, 3.05) is 11.4 Å². The van der Waals surface area contributed by atoms with E-state index in [2.05, 4.69) is 28.9 Å². The average molecular weight is 210 g/mol. The third-order valence-electron chi connectivity index (χ3n) is 3.25. The van der Waals surface area contributed by atoms with Crippen LogP contribution >= 0.6 is 0 Å². The molecular formula is C10H18N4O. The number of hydrogen-bond donors (Lipinski definition) is 1. The largest absolute Gasteiger partial charge is 0.407 e. The molecule has 5 heteroatoms. The van der Waals surface area contributed by atoms with Gasteiger partial charge >= 0.3 is 6.01 Å². The van der Waals surface area contributed by atoms with Crippen LogP contribution in [0.4, 0.5) is 6.01 Å². The molecule has 2 rings (SSSR count). The molecule has 0 amide bonds. The summed E-state index contributed by atoms with van der Waals surface area (Å²) in [5, 5.41) is 7.91. The van der Waals surface area contributed by atoms with Gasteiger partial charge in [0, 0.05) is 12.6 Å². The number of piperidine rings is 1. The third kappa shape index (κ3) is 1.97. The van der Waals surface area contributed by atoms with E-state index in [1.54, 1.807) is 0 Å². The lowest BCUT2D eigenvalue weighted by atomic mass is 9.92. The molecule has 5 nitrogen and oxygen atoms in total. The molecule has 2 unspecified atom stereocenters. The molecule has 1 saturated heterocycles. The van der Waals surface area contributed by atoms with Crippen molar-refractivity contribution in [1.29, 1.82) is 0 Å². The normalized spacial score (nSPS) is 27.0. The van der Waals surface area contributed by atoms with Gasteiger partial charge in [0.05, 0.1) is 6.54 Å². The number of nitrogens with zero attached hydrogens (tertiary/aromatic N) is 3. The number of anilines is 1. The van der Waals surface area contributed by atoms with Gasteiger partial charge in [0.25, 0.3) is 0 Å². The topological polar surface area (TPSA) is 68.2 Å². The molecule has 0 aromatic carbocycles. The summed E-state index contributed by atoms with van der Waals surface area (Å²) >= 11 is 0. The van der Waals surface area contributed by atoms with E-state index in [0.717, 1.165) is 6.54 Å². The minimum Gasteiger partial charge on any atom is -0.407 e. The average Bonchev–Trinajstić information content (AvgIpc) is 2.70. The summed E-state index contributed by atoms with van der Waals surface area (Å²) in [6, 6.07) is 1.08. The fourth-order valence-corrected chi connectivity index (χ4v) is 2.05. The van der Waals surface area contributed by atoms with E-state index in [-0.39, 0.29) is 0 Å². The van der Waals surface area contributed by atoms with Gasteiger partial charge in [0.1, 0.15) is 0 Å². The first kappa shape index (κ1) is 10.4. The van der Waals surface area contributed by atoms with Gasteiger partial charge in [-0.1, -0.05) is 12.0 Å². The van der Waals surface area contributed by atoms with Gasteiger partial charge in [0.15, 0.2) is 0 Å². The third-order valence-corrected chi connectivity index (χ3v) is 3.25. The summed E-state index contributed by atoms with van der Waals surface area (Å²) in [7, 11) is 0. The second-order valence-electron chi connectivity index (χ2n) is 4.24. The maximum Gasteiger partial charge on any atom is 0.318 e. The summed E-state index contributed by atoms with van der Waals surface area (Å²) in [4.78, 5) is 2.18. The predicted octanol–water partition coefficient (Wildman–Crippen LogP) is 1.15. The Hall–Kier alpha value is -1.10. The zero-order valence-electron chi connectivity index (χ0n) is 9.31. The number of nitrogens with two attached hydrogens (primary N) is 1. The molecule has 0 radical (unpaired) electrons. The highest BCUT2D eigenvalue weighted by Gasteiger charge is 2.28. The monoisotopic (exact) mass is 210 g/mol. The van der Waals surface area contributed by atoms with Crippen LogP contribution in [-0.2, 0) is 6.54 Å². The highest BCUT2D eigenvalue weighted by molar-refractivity contribution is 5.27. The van der Waals surface area contributed by atoms with Crippen LogP contribution in [0.15, 0.2) is 4.42 Å². The van der Waals surface area contributed by atoms with Crippen LogP contribution in [0.1, 0.15) is 32.6 Å². The molecule has 1 aliphatic heterocycles. The minimum atomic E-state index is 0.310. The Labute approximate surface area is 89.6 Å². The van der Waals surface area contributed by atoms with E-state index >= 15 is 0 Å². The molecule has 2 heterocycles. The number of aromatic nitrogens is 2. The van der Waals surface area contributed by atoms with Crippen molar-refractivity contribution in [3.63, 3.8) is 0 Å². The van der Waals surface area contributed by atoms with Crippen molar-refractivity contribution < 1.29 is 4.42 Å². The van der Waals surface area contributed by atoms with E-state index in [1.807, 2.05) is 0 Å². The molecule has 15 heavy (non-hydrogen) atoms. The lowest BCUT2D eigenvalue weighted by Gasteiger charge is -2.36. The van der Waals surface area contributed by atoms with Crippen LogP contribution in [0.3, 0.4) is 0 Å². The maximum absolute atomic E-state index is 5.47. The summed E-state index contributed by atoms with van der Waals surface area (Å²) in [6.45, 7) is 5.77. The van der Waals surface area contributed by atoms with Crippen LogP contribution in [0.2, 0.25) is 0 Å². The Morgan fingerprint density at radius 2 is 2.27 bits per heavy atom. The van der Waals surface area contributed by atoms with Gasteiger partial charge in [-0.15, -0.1) is 5.10 Å². The first-order valence-electron chi connectivity index (χ1n) is 5.51. The molecule has 84 valence electrons. The van der Waals surface area contributed by atoms with E-state index in [1.165, 1.54) is 12.8 Å². The Morgan fingerprint density at radius 3 is 2.93 bits per heavy atom. The van der Waals surface area contributed by atoms with Gasteiger partial charge in [-0.3, -0.25) is 0 Å². The first-order chi connectivity index (χ1) is 7.22. The molecule has 1 aromatic rings. The van der Waals surface area contributed by atoms with Crippen molar-refractivity contribution in [2.24, 2.45) is 11.7 Å². The van der Waals surface area contributed by atoms with Crippen molar-refractivity contribution >= 4 is 6.01 Å². The summed E-state index contributed by atoms with van der Waals surface area (Å²) in [5.41, 5.74) is 5.44. The van der Waals surface area contributed by atoms with E-state index < -0.39 is 0 Å². The molecule has 0 spiro atoms. The van der Waals surface area contributed by atoms with Crippen LogP contribution in [0, 0.1) is 5.92 Å². The lowest BCUT2D eigenvalue weighted by molar-refractivity contribution is 0.339. The molecule has 0 saturated carbocycles. The molecule has 2 N–H and O–H groups in total. The predicted molar refractivity (Wildman–Crippen MR) is 57.4 cm³/mol. The zero-order chi connectivity index (χ0) is 10.8. The lowest BCUT2D eigenvalue weighted by Crippen LogP contribution is -2.42. The summed E-state index contributed by atoms with van der Waals surface area (Å²) in [5.74, 6) is 1.18. The molecule has 1 fully saturated rings. The van der Waals surface area contributed by atoms with Gasteiger partial charge in [-0.05, 0) is 25.7 Å². The van der Waals surface area contributed by atoms with E-state index in [9.17, 15) is 0 Å². The van der Waals surface area contributed by atoms with Gasteiger partial charge in [-0.2, -0.15) is 0 Å². The van der Waals surface area contributed by atoms with Crippen LogP contribution < -0.4 is 10.6 Å². The Kier molecular flexibility index (Phi) is 2.90. The summed E-state index contributed by atoms with van der Waals surface area (Å²) in [6.07, 6.45) is 2.46. The highest BCUT2D eigenvalue weighted by Crippen LogP contribution is 2.27. The SMILES string of the molecule is CC1CCCN(c2nnc(CN)o2)C1C. The second kappa shape index (κ2) is 4.18. The quantitative estimate of drug-likeness (QED) is 0.793. The smallest absolute Gasteiger partial charge is 0.318 e. The maximum atomic E-state index is 5.47. The Balaban J connectivity index is 2.14. The van der Waals surface area contributed by atoms with Gasteiger partial charge in [-0.25, -0.2) is 0 Å². The second-order valence-corrected chi connectivity index (χ2v) is 4.24. The van der Waals surface area contributed by atoms with E-state index in [4.69, 9.17) is 10.2 Å². The standard InChI is InChI=1S/C10H18N4O/c1-7-4-3-5-14(8(7)2)10-13-12-9(6-11)15-10/h7-8H,3-6,11H2,1-2H3. The minimum absolute atomic E-state index is 0.310. The van der Waals surface area contributed by atoms with Crippen molar-refractivity contribution in [1.82, 2.24) is 10.2 Å². The first-order valence-corrected chi connectivity index (χ1v) is 5.51. The number of hydrogen-bond acceptors (Lipinski definition) is 5. The fourth-order valence-electron chi connectivity index (χ4n) is 2.05. The summed E-state index contributed by atoms with van der Waals surface area (Å²) < 4.78 is 5.47. The van der Waals surface area contributed by atoms with Crippen LogP contribution in [0.25, 0.3) is 0 Å². The van der Waals surface area contributed by atoms with E-state index in [0.29, 0.717) is 30.4 Å². The van der Waals surface area contributed by atoms with Crippen LogP contribution in [0.5, 0.6) is 0 Å². The Bertz CT molecular complexity index is 325. The van der Waals surface area contributed by atoms with Gasteiger partial charge in [0.2, 0.25) is 5.89 Å². The van der Waals surface area contributed by atoms with Gasteiger partial charge < -0.3 is 15.1 Å². The highest BCUT2D eigenvalue weighted by atomic mass is 16.4. The number of rotatable bonds is 2. The molecule has 0 aliphatic carbocycles. The van der Waals surface area contributed by atoms with Crippen LogP contribution in [-0.4, -0.2) is 22.8 Å². The molecule has 1 aromatic heterocycles.